The normalized spacial score (nSPS) is 15.8. The van der Waals surface area contributed by atoms with Crippen molar-refractivity contribution in [2.45, 2.75) is 83.5 Å². The number of anilines is 2. The van der Waals surface area contributed by atoms with E-state index in [1.807, 2.05) is 23.1 Å². The molecule has 1 aliphatic heterocycles. The highest BCUT2D eigenvalue weighted by Gasteiger charge is 2.35. The van der Waals surface area contributed by atoms with E-state index in [9.17, 15) is 19.5 Å². The van der Waals surface area contributed by atoms with Gasteiger partial charge in [-0.25, -0.2) is 18.4 Å². The van der Waals surface area contributed by atoms with Crippen molar-refractivity contribution in [3.63, 3.8) is 0 Å². The molecule has 1 aliphatic carbocycles. The van der Waals surface area contributed by atoms with Crippen molar-refractivity contribution in [3.05, 3.63) is 116 Å². The second-order valence-corrected chi connectivity index (χ2v) is 16.5. The molecule has 6 rings (SSSR count). The third-order valence-electron chi connectivity index (χ3n) is 10.8. The summed E-state index contributed by atoms with van der Waals surface area (Å²) in [5.41, 5.74) is 3.30. The smallest absolute Gasteiger partial charge is 0.335 e. The molecule has 2 heterocycles. The maximum absolute atomic E-state index is 15.3. The SMILES string of the molecule is CC1(C)CN(C(=O)NCCCCO)CCN1Cc1cccc(C(=O)Nc2sc3c(c2C(O)Nc2cc(F)c(CCc4ccc(C(=O)O)cc4)c(F)c2)CCCC3)c1. The predicted octanol–water partition coefficient (Wildman–Crippen LogP) is 7.12. The number of aryl methyl sites for hydroxylation is 2. The molecule has 6 N–H and O–H groups in total. The number of rotatable bonds is 15. The molecule has 11 nitrogen and oxygen atoms in total. The van der Waals surface area contributed by atoms with Crippen molar-refractivity contribution in [3.8, 4) is 0 Å². The number of fused-ring (bicyclic) bond motifs is 1. The monoisotopic (exact) mass is 803 g/mol. The largest absolute Gasteiger partial charge is 0.478 e. The molecule has 0 spiro atoms. The van der Waals surface area contributed by atoms with Gasteiger partial charge in [-0.05, 0) is 118 Å². The lowest BCUT2D eigenvalue weighted by molar-refractivity contribution is 0.0297. The Hall–Kier alpha value is -4.89. The number of unbranched alkanes of at least 4 members (excludes halogenated alkanes) is 1. The zero-order chi connectivity index (χ0) is 40.7. The van der Waals surface area contributed by atoms with E-state index in [-0.39, 0.29) is 47.3 Å². The number of nitrogens with zero attached hydrogens (tertiary/aromatic N) is 2. The Kier molecular flexibility index (Phi) is 13.6. The molecule has 1 fully saturated rings. The van der Waals surface area contributed by atoms with Crippen molar-refractivity contribution >= 4 is 39.9 Å². The van der Waals surface area contributed by atoms with Crippen LogP contribution in [-0.2, 0) is 32.2 Å². The summed E-state index contributed by atoms with van der Waals surface area (Å²) >= 11 is 1.41. The molecule has 57 heavy (non-hydrogen) atoms. The first-order valence-corrected chi connectivity index (χ1v) is 20.3. The van der Waals surface area contributed by atoms with Crippen LogP contribution in [0.5, 0.6) is 0 Å². The first-order valence-electron chi connectivity index (χ1n) is 19.5. The van der Waals surface area contributed by atoms with E-state index in [0.29, 0.717) is 68.1 Å². The number of aliphatic hydroxyl groups is 2. The average Bonchev–Trinajstić information content (AvgIpc) is 3.55. The molecule has 1 unspecified atom stereocenters. The van der Waals surface area contributed by atoms with E-state index in [1.165, 1.54) is 23.5 Å². The molecule has 304 valence electrons. The third kappa shape index (κ3) is 10.4. The van der Waals surface area contributed by atoms with Gasteiger partial charge in [-0.2, -0.15) is 0 Å². The number of hydrogen-bond donors (Lipinski definition) is 6. The van der Waals surface area contributed by atoms with Gasteiger partial charge in [0.05, 0.1) is 5.56 Å². The predicted molar refractivity (Wildman–Crippen MR) is 217 cm³/mol. The number of benzene rings is 3. The second kappa shape index (κ2) is 18.6. The number of aliphatic hydroxyl groups excluding tert-OH is 2. The average molecular weight is 804 g/mol. The van der Waals surface area contributed by atoms with E-state index in [2.05, 4.69) is 34.7 Å². The van der Waals surface area contributed by atoms with E-state index in [1.54, 1.807) is 18.2 Å². The lowest BCUT2D eigenvalue weighted by Crippen LogP contribution is -2.61. The molecule has 1 atom stereocenters. The van der Waals surface area contributed by atoms with Gasteiger partial charge in [0.15, 0.2) is 6.23 Å². The van der Waals surface area contributed by atoms with Crippen LogP contribution in [0.1, 0.15) is 99.2 Å². The topological polar surface area (TPSA) is 154 Å². The van der Waals surface area contributed by atoms with Gasteiger partial charge in [-0.15, -0.1) is 11.3 Å². The maximum atomic E-state index is 15.3. The molecule has 3 aromatic carbocycles. The summed E-state index contributed by atoms with van der Waals surface area (Å²) in [5.74, 6) is -2.93. The highest BCUT2D eigenvalue weighted by molar-refractivity contribution is 7.16. The number of carbonyl (C=O) groups is 3. The molecule has 1 saturated heterocycles. The second-order valence-electron chi connectivity index (χ2n) is 15.4. The fourth-order valence-corrected chi connectivity index (χ4v) is 8.93. The Morgan fingerprint density at radius 2 is 1.65 bits per heavy atom. The highest BCUT2D eigenvalue weighted by Crippen LogP contribution is 2.42. The number of hydrogen-bond acceptors (Lipinski definition) is 8. The van der Waals surface area contributed by atoms with Crippen LogP contribution in [0, 0.1) is 11.6 Å². The fraction of sp³-hybridized carbons (Fsp3) is 0.419. The Morgan fingerprint density at radius 3 is 2.35 bits per heavy atom. The van der Waals surface area contributed by atoms with Crippen molar-refractivity contribution in [2.24, 2.45) is 0 Å². The number of carboxylic acid groups (broad SMARTS) is 1. The summed E-state index contributed by atoms with van der Waals surface area (Å²) in [4.78, 5) is 42.9. The number of aromatic carboxylic acids is 1. The molecule has 1 aromatic heterocycles. The number of halogens is 2. The third-order valence-corrected chi connectivity index (χ3v) is 12.0. The standard InChI is InChI=1S/C43H51F2N5O6S/c1-43(2)26-49(42(56)46-18-5-6-21-51)19-20-50(43)25-28-8-7-9-30(22-28)38(52)48-40-37(33-10-3-4-11-36(33)57-40)39(53)47-31-23-34(44)32(35(45)24-31)17-14-27-12-15-29(16-13-27)41(54)55/h7-9,12-13,15-16,22-24,39,47,51,53H,3-6,10-11,14,17-21,25-26H2,1-2H3,(H,46,56)(H,48,52)(H,54,55). The van der Waals surface area contributed by atoms with Crippen LogP contribution in [-0.4, -0.2) is 81.4 Å². The molecular formula is C43H51F2N5O6S. The minimum absolute atomic E-state index is 0.0511. The molecular weight excluding hydrogens is 753 g/mol. The molecule has 3 amide bonds. The van der Waals surface area contributed by atoms with Gasteiger partial charge in [0.25, 0.3) is 5.91 Å². The zero-order valence-corrected chi connectivity index (χ0v) is 33.2. The summed E-state index contributed by atoms with van der Waals surface area (Å²) in [7, 11) is 0. The summed E-state index contributed by atoms with van der Waals surface area (Å²) < 4.78 is 30.6. The van der Waals surface area contributed by atoms with Gasteiger partial charge in [0.2, 0.25) is 0 Å². The van der Waals surface area contributed by atoms with Gasteiger partial charge >= 0.3 is 12.0 Å². The van der Waals surface area contributed by atoms with Gasteiger partial charge < -0.3 is 36.2 Å². The van der Waals surface area contributed by atoms with Gasteiger partial charge in [0, 0.05) is 72.1 Å². The van der Waals surface area contributed by atoms with Crippen LogP contribution < -0.4 is 16.0 Å². The van der Waals surface area contributed by atoms with E-state index < -0.39 is 23.8 Å². The highest BCUT2D eigenvalue weighted by atomic mass is 32.1. The maximum Gasteiger partial charge on any atom is 0.335 e. The Labute approximate surface area is 335 Å². The lowest BCUT2D eigenvalue weighted by atomic mass is 9.94. The number of carbonyl (C=O) groups excluding carboxylic acids is 2. The van der Waals surface area contributed by atoms with Crippen molar-refractivity contribution in [2.75, 3.05) is 43.4 Å². The van der Waals surface area contributed by atoms with Crippen LogP contribution in [0.25, 0.3) is 0 Å². The van der Waals surface area contributed by atoms with Gasteiger partial charge in [0.1, 0.15) is 16.6 Å². The zero-order valence-electron chi connectivity index (χ0n) is 32.4. The minimum Gasteiger partial charge on any atom is -0.478 e. The molecule has 4 aromatic rings. The van der Waals surface area contributed by atoms with Crippen LogP contribution >= 0.6 is 11.3 Å². The quantitative estimate of drug-likeness (QED) is 0.0549. The lowest BCUT2D eigenvalue weighted by Gasteiger charge is -2.47. The number of thiophene rings is 1. The summed E-state index contributed by atoms with van der Waals surface area (Å²) in [6, 6.07) is 15.7. The van der Waals surface area contributed by atoms with Crippen LogP contribution in [0.15, 0.2) is 60.7 Å². The molecule has 2 aliphatic rings. The van der Waals surface area contributed by atoms with E-state index >= 15 is 8.78 Å². The summed E-state index contributed by atoms with van der Waals surface area (Å²) in [6.07, 6.45) is 3.77. The first-order chi connectivity index (χ1) is 27.3. The van der Waals surface area contributed by atoms with Crippen molar-refractivity contribution in [1.29, 1.82) is 0 Å². The van der Waals surface area contributed by atoms with Crippen molar-refractivity contribution < 1.29 is 38.5 Å². The number of carboxylic acids is 1. The number of amides is 3. The van der Waals surface area contributed by atoms with Crippen LogP contribution in [0.2, 0.25) is 0 Å². The first kappa shape index (κ1) is 41.7. The van der Waals surface area contributed by atoms with Gasteiger partial charge in [-0.1, -0.05) is 24.3 Å². The Morgan fingerprint density at radius 1 is 0.912 bits per heavy atom. The Bertz CT molecular complexity index is 2050. The molecule has 0 bridgehead atoms. The molecule has 0 saturated carbocycles. The number of nitrogens with one attached hydrogen (secondary N) is 3. The number of piperazine rings is 1. The van der Waals surface area contributed by atoms with E-state index in [0.717, 1.165) is 59.4 Å². The summed E-state index contributed by atoms with van der Waals surface area (Å²) in [6.45, 7) is 7.15. The summed E-state index contributed by atoms with van der Waals surface area (Å²) in [5, 5.41) is 39.0. The van der Waals surface area contributed by atoms with Crippen molar-refractivity contribution in [1.82, 2.24) is 15.1 Å². The fourth-order valence-electron chi connectivity index (χ4n) is 7.62. The number of urea groups is 1. The molecule has 14 heteroatoms. The van der Waals surface area contributed by atoms with Crippen LogP contribution in [0.3, 0.4) is 0 Å². The molecule has 0 radical (unpaired) electrons. The van der Waals surface area contributed by atoms with Gasteiger partial charge in [-0.3, -0.25) is 9.69 Å². The van der Waals surface area contributed by atoms with E-state index in [4.69, 9.17) is 10.2 Å². The minimum atomic E-state index is -1.36. The van der Waals surface area contributed by atoms with Crippen LogP contribution in [0.4, 0.5) is 24.3 Å². The Balaban J connectivity index is 1.11.